The largest absolute Gasteiger partial charge is 0.324 e. The molecule has 3 rings (SSSR count). The molecule has 1 aliphatic rings. The van der Waals surface area contributed by atoms with Gasteiger partial charge in [0, 0.05) is 11.3 Å². The summed E-state index contributed by atoms with van der Waals surface area (Å²) in [7, 11) is 0. The zero-order chi connectivity index (χ0) is 15.5. The monoisotopic (exact) mass is 300 g/mol. The maximum absolute atomic E-state index is 13.6. The number of benzene rings is 2. The fraction of sp³-hybridized carbons (Fsp3) is 0.188. The Hall–Kier alpha value is -2.28. The Balaban J connectivity index is 1.78. The molecule has 1 aliphatic heterocycles. The van der Waals surface area contributed by atoms with Gasteiger partial charge in [0.15, 0.2) is 0 Å². The highest BCUT2D eigenvalue weighted by molar-refractivity contribution is 5.96. The number of hydrogen-bond acceptors (Lipinski definition) is 4. The maximum Gasteiger partial charge on any atom is 0.244 e. The Kier molecular flexibility index (Phi) is 4.15. The highest BCUT2D eigenvalue weighted by Crippen LogP contribution is 2.22. The van der Waals surface area contributed by atoms with E-state index in [9.17, 15) is 9.18 Å². The molecule has 5 nitrogen and oxygen atoms in total. The summed E-state index contributed by atoms with van der Waals surface area (Å²) in [5.74, 6) is -0.576. The first-order valence-corrected chi connectivity index (χ1v) is 7.04. The van der Waals surface area contributed by atoms with Gasteiger partial charge in [-0.3, -0.25) is 4.79 Å². The van der Waals surface area contributed by atoms with Crippen LogP contribution in [0.15, 0.2) is 48.5 Å². The number of carbonyl (C=O) groups excluding carboxylic acids is 1. The molecule has 2 atom stereocenters. The van der Waals surface area contributed by atoms with Crippen LogP contribution in [-0.4, -0.2) is 11.9 Å². The van der Waals surface area contributed by atoms with E-state index in [2.05, 4.69) is 21.7 Å². The fourth-order valence-corrected chi connectivity index (χ4v) is 2.47. The summed E-state index contributed by atoms with van der Waals surface area (Å²) in [5.41, 5.74) is 10.6. The van der Waals surface area contributed by atoms with Gasteiger partial charge >= 0.3 is 0 Å². The molecule has 1 amide bonds. The first-order valence-electron chi connectivity index (χ1n) is 7.04. The molecule has 114 valence electrons. The summed E-state index contributed by atoms with van der Waals surface area (Å²) in [5, 5.41) is 2.77. The Morgan fingerprint density at radius 1 is 1.09 bits per heavy atom. The molecular weight excluding hydrogens is 283 g/mol. The second-order valence-electron chi connectivity index (χ2n) is 5.18. The molecule has 0 aliphatic carbocycles. The molecule has 0 bridgehead atoms. The number of amides is 1. The van der Waals surface area contributed by atoms with Crippen LogP contribution >= 0.6 is 0 Å². The summed E-state index contributed by atoms with van der Waals surface area (Å²) >= 11 is 0. The standard InChI is InChI=1S/C16H17FN4O/c1-10-12(17)8-5-9-13(10)18-16(22)15-14(19-21-20-15)11-6-3-2-4-7-11/h2-9,14-15,19-21H,1H3,(H,18,22). The highest BCUT2D eigenvalue weighted by atomic mass is 19.1. The molecule has 0 aromatic heterocycles. The third-order valence-electron chi connectivity index (χ3n) is 3.76. The predicted octanol–water partition coefficient (Wildman–Crippen LogP) is 1.79. The molecule has 4 N–H and O–H groups in total. The molecule has 2 aromatic rings. The van der Waals surface area contributed by atoms with Gasteiger partial charge in [-0.1, -0.05) is 36.4 Å². The summed E-state index contributed by atoms with van der Waals surface area (Å²) < 4.78 is 13.6. The number of halogens is 1. The third kappa shape index (κ3) is 2.85. The van der Waals surface area contributed by atoms with E-state index in [-0.39, 0.29) is 17.8 Å². The summed E-state index contributed by atoms with van der Waals surface area (Å²) in [4.78, 5) is 12.5. The molecule has 0 saturated carbocycles. The lowest BCUT2D eigenvalue weighted by Gasteiger charge is -2.18. The van der Waals surface area contributed by atoms with E-state index in [0.717, 1.165) is 5.56 Å². The van der Waals surface area contributed by atoms with Crippen molar-refractivity contribution in [1.29, 1.82) is 0 Å². The van der Waals surface area contributed by atoms with Gasteiger partial charge in [-0.15, -0.1) is 0 Å². The number of anilines is 1. The van der Waals surface area contributed by atoms with Crippen molar-refractivity contribution < 1.29 is 9.18 Å². The summed E-state index contributed by atoms with van der Waals surface area (Å²) in [6.07, 6.45) is 0. The third-order valence-corrected chi connectivity index (χ3v) is 3.76. The van der Waals surface area contributed by atoms with Crippen molar-refractivity contribution >= 4 is 11.6 Å². The van der Waals surface area contributed by atoms with E-state index in [1.54, 1.807) is 19.1 Å². The van der Waals surface area contributed by atoms with Crippen LogP contribution in [0.3, 0.4) is 0 Å². The smallest absolute Gasteiger partial charge is 0.244 e. The molecule has 2 unspecified atom stereocenters. The summed E-state index contributed by atoms with van der Waals surface area (Å²) in [6, 6.07) is 13.6. The molecule has 0 radical (unpaired) electrons. The average Bonchev–Trinajstić information content (AvgIpc) is 3.02. The van der Waals surface area contributed by atoms with Gasteiger partial charge < -0.3 is 5.32 Å². The van der Waals surface area contributed by atoms with E-state index in [4.69, 9.17) is 0 Å². The van der Waals surface area contributed by atoms with Crippen LogP contribution in [0.4, 0.5) is 10.1 Å². The van der Waals surface area contributed by atoms with Crippen molar-refractivity contribution in [1.82, 2.24) is 16.4 Å². The van der Waals surface area contributed by atoms with Gasteiger partial charge in [-0.2, -0.15) is 5.53 Å². The normalized spacial score (nSPS) is 20.8. The SMILES string of the molecule is Cc1c(F)cccc1NC(=O)C1NNNC1c1ccccc1. The number of carbonyl (C=O) groups is 1. The average molecular weight is 300 g/mol. The van der Waals surface area contributed by atoms with Crippen LogP contribution in [0.1, 0.15) is 17.2 Å². The number of nitrogens with one attached hydrogen (secondary N) is 4. The minimum Gasteiger partial charge on any atom is -0.324 e. The molecule has 1 saturated heterocycles. The molecular formula is C16H17FN4O. The van der Waals surface area contributed by atoms with E-state index < -0.39 is 6.04 Å². The number of hydrazine groups is 2. The number of hydrogen-bond donors (Lipinski definition) is 4. The van der Waals surface area contributed by atoms with Crippen molar-refractivity contribution in [2.75, 3.05) is 5.32 Å². The Morgan fingerprint density at radius 3 is 2.64 bits per heavy atom. The van der Waals surface area contributed by atoms with Gasteiger partial charge in [-0.25, -0.2) is 15.2 Å². The zero-order valence-corrected chi connectivity index (χ0v) is 12.1. The molecule has 6 heteroatoms. The van der Waals surface area contributed by atoms with Gasteiger partial charge in [0.1, 0.15) is 11.9 Å². The Labute approximate surface area is 127 Å². The minimum atomic E-state index is -0.509. The highest BCUT2D eigenvalue weighted by Gasteiger charge is 2.33. The lowest BCUT2D eigenvalue weighted by Crippen LogP contribution is -2.41. The van der Waals surface area contributed by atoms with Crippen LogP contribution in [0.25, 0.3) is 0 Å². The van der Waals surface area contributed by atoms with Gasteiger partial charge in [-0.05, 0) is 24.6 Å². The van der Waals surface area contributed by atoms with Crippen molar-refractivity contribution in [3.05, 3.63) is 65.5 Å². The molecule has 1 heterocycles. The lowest BCUT2D eigenvalue weighted by atomic mass is 10.00. The molecule has 22 heavy (non-hydrogen) atoms. The van der Waals surface area contributed by atoms with Crippen LogP contribution in [0.5, 0.6) is 0 Å². The number of rotatable bonds is 3. The van der Waals surface area contributed by atoms with Crippen LogP contribution in [0.2, 0.25) is 0 Å². The first kappa shape index (κ1) is 14.6. The Morgan fingerprint density at radius 2 is 1.86 bits per heavy atom. The van der Waals surface area contributed by atoms with E-state index in [1.165, 1.54) is 6.07 Å². The van der Waals surface area contributed by atoms with Crippen LogP contribution < -0.4 is 21.7 Å². The van der Waals surface area contributed by atoms with Crippen molar-refractivity contribution in [2.45, 2.75) is 19.0 Å². The topological polar surface area (TPSA) is 65.2 Å². The van der Waals surface area contributed by atoms with Gasteiger partial charge in [0.2, 0.25) is 5.91 Å². The molecule has 0 spiro atoms. The zero-order valence-electron chi connectivity index (χ0n) is 12.1. The molecule has 1 fully saturated rings. The lowest BCUT2D eigenvalue weighted by molar-refractivity contribution is -0.118. The predicted molar refractivity (Wildman–Crippen MR) is 82.1 cm³/mol. The Bertz CT molecular complexity index is 677. The minimum absolute atomic E-state index is 0.213. The van der Waals surface area contributed by atoms with Crippen molar-refractivity contribution in [2.24, 2.45) is 0 Å². The first-order chi connectivity index (χ1) is 10.7. The second-order valence-corrected chi connectivity index (χ2v) is 5.18. The van der Waals surface area contributed by atoms with E-state index >= 15 is 0 Å². The fourth-order valence-electron chi connectivity index (χ4n) is 2.47. The van der Waals surface area contributed by atoms with Gasteiger partial charge in [0.05, 0.1) is 6.04 Å². The quantitative estimate of drug-likeness (QED) is 0.698. The summed E-state index contributed by atoms with van der Waals surface area (Å²) in [6.45, 7) is 1.64. The second kappa shape index (κ2) is 6.23. The van der Waals surface area contributed by atoms with Gasteiger partial charge in [0.25, 0.3) is 0 Å². The van der Waals surface area contributed by atoms with Crippen LogP contribution in [0, 0.1) is 12.7 Å². The van der Waals surface area contributed by atoms with E-state index in [1.807, 2.05) is 30.3 Å². The van der Waals surface area contributed by atoms with Crippen molar-refractivity contribution in [3.63, 3.8) is 0 Å². The van der Waals surface area contributed by atoms with E-state index in [0.29, 0.717) is 11.3 Å². The molecule has 2 aromatic carbocycles. The van der Waals surface area contributed by atoms with Crippen LogP contribution in [-0.2, 0) is 4.79 Å². The van der Waals surface area contributed by atoms with Crippen molar-refractivity contribution in [3.8, 4) is 0 Å². The maximum atomic E-state index is 13.6.